The maximum Gasteiger partial charge on any atom is 0.341 e. The number of fused-ring (bicyclic) bond motifs is 1. The van der Waals surface area contributed by atoms with Crippen molar-refractivity contribution in [1.29, 1.82) is 0 Å². The van der Waals surface area contributed by atoms with Gasteiger partial charge in [-0.05, 0) is 18.6 Å². The molecule has 5 nitrogen and oxygen atoms in total. The third kappa shape index (κ3) is 3.32. The molecule has 1 aromatic carbocycles. The summed E-state index contributed by atoms with van der Waals surface area (Å²) in [6.45, 7) is 4.91. The van der Waals surface area contributed by atoms with Crippen LogP contribution in [-0.4, -0.2) is 43.1 Å². The van der Waals surface area contributed by atoms with Gasteiger partial charge in [-0.15, -0.1) is 0 Å². The molecule has 6 heteroatoms. The van der Waals surface area contributed by atoms with Crippen molar-refractivity contribution in [1.82, 2.24) is 0 Å². The number of benzene rings is 1. The molecule has 2 rings (SSSR count). The summed E-state index contributed by atoms with van der Waals surface area (Å²) >= 11 is 3.49. The largest absolute Gasteiger partial charge is 0.481 e. The van der Waals surface area contributed by atoms with Gasteiger partial charge in [-0.2, -0.15) is 0 Å². The van der Waals surface area contributed by atoms with Gasteiger partial charge in [0.1, 0.15) is 18.8 Å². The maximum atomic E-state index is 11.9. The number of esters is 1. The first kappa shape index (κ1) is 16.5. The lowest BCUT2D eigenvalue weighted by Crippen LogP contribution is -2.18. The quantitative estimate of drug-likeness (QED) is 0.384. The monoisotopic (exact) mass is 368 g/mol. The highest BCUT2D eigenvalue weighted by molar-refractivity contribution is 9.10. The van der Waals surface area contributed by atoms with Crippen LogP contribution >= 0.6 is 15.9 Å². The molecule has 0 bridgehead atoms. The van der Waals surface area contributed by atoms with Crippen molar-refractivity contribution in [2.24, 2.45) is 0 Å². The number of aryl methyl sites for hydroxylation is 1. The number of aliphatic hydroxyl groups is 1. The van der Waals surface area contributed by atoms with Crippen molar-refractivity contribution in [2.45, 2.75) is 19.3 Å². The van der Waals surface area contributed by atoms with Crippen LogP contribution in [0.1, 0.15) is 17.5 Å². The number of hydrogen-bond donors (Lipinski definition) is 1. The van der Waals surface area contributed by atoms with E-state index in [1.807, 2.05) is 10.6 Å². The fourth-order valence-corrected chi connectivity index (χ4v) is 3.25. The van der Waals surface area contributed by atoms with Gasteiger partial charge in [0.15, 0.2) is 0 Å². The molecule has 0 fully saturated rings. The number of hydrogen-bond acceptors (Lipinski definition) is 4. The second-order valence-electron chi connectivity index (χ2n) is 5.10. The van der Waals surface area contributed by atoms with E-state index in [0.29, 0.717) is 0 Å². The molecular weight excluding hydrogens is 350 g/mol. The molecule has 0 saturated heterocycles. The van der Waals surface area contributed by atoms with Crippen LogP contribution in [-0.2, 0) is 27.1 Å². The fraction of sp³-hybridized carbons (Fsp3) is 0.375. The smallest absolute Gasteiger partial charge is 0.341 e. The summed E-state index contributed by atoms with van der Waals surface area (Å²) in [5.74, 6) is -1.04. The first-order chi connectivity index (χ1) is 10.5. The van der Waals surface area contributed by atoms with Crippen molar-refractivity contribution in [3.8, 4) is 0 Å². The Labute approximate surface area is 138 Å². The highest BCUT2D eigenvalue weighted by Gasteiger charge is 2.27. The number of ether oxygens (including phenoxy) is 2. The van der Waals surface area contributed by atoms with E-state index in [9.17, 15) is 9.90 Å². The molecule has 0 radical (unpaired) electrons. The van der Waals surface area contributed by atoms with Gasteiger partial charge in [0, 0.05) is 28.4 Å². The van der Waals surface area contributed by atoms with Crippen LogP contribution in [0.4, 0.5) is 5.69 Å². The minimum Gasteiger partial charge on any atom is -0.481 e. The number of methoxy groups -OCH3 is 2. The summed E-state index contributed by atoms with van der Waals surface area (Å²) in [5, 5.41) is 9.84. The van der Waals surface area contributed by atoms with Crippen LogP contribution in [0, 0.1) is 0 Å². The van der Waals surface area contributed by atoms with Crippen LogP contribution in [0.2, 0.25) is 0 Å². The molecule has 0 aromatic heterocycles. The number of rotatable bonds is 4. The van der Waals surface area contributed by atoms with Gasteiger partial charge in [0.05, 0.1) is 14.2 Å². The summed E-state index contributed by atoms with van der Waals surface area (Å²) in [4.78, 5) is 11.9. The molecule has 1 aromatic rings. The number of aliphatic hydroxyl groups excluding tert-OH is 1. The topological polar surface area (TPSA) is 58.8 Å². The van der Waals surface area contributed by atoms with Crippen LogP contribution in [0.5, 0.6) is 0 Å². The summed E-state index contributed by atoms with van der Waals surface area (Å²) in [6, 6.07) is 3.99. The van der Waals surface area contributed by atoms with Crippen LogP contribution in [0.3, 0.4) is 0 Å². The van der Waals surface area contributed by atoms with E-state index in [-0.39, 0.29) is 12.0 Å². The van der Waals surface area contributed by atoms with Crippen molar-refractivity contribution in [3.63, 3.8) is 0 Å². The number of nitrogens with zero attached hydrogens (tertiary/aromatic N) is 1. The van der Waals surface area contributed by atoms with Crippen molar-refractivity contribution in [3.05, 3.63) is 39.3 Å². The average Bonchev–Trinajstić information content (AvgIpc) is 2.50. The fourth-order valence-electron chi connectivity index (χ4n) is 2.69. The summed E-state index contributed by atoms with van der Waals surface area (Å²) in [5.41, 5.74) is 3.15. The first-order valence-corrected chi connectivity index (χ1v) is 7.71. The molecule has 0 atom stereocenters. The van der Waals surface area contributed by atoms with Gasteiger partial charge in [-0.1, -0.05) is 15.9 Å². The Kier molecular flexibility index (Phi) is 5.24. The Morgan fingerprint density at radius 3 is 2.77 bits per heavy atom. The second kappa shape index (κ2) is 6.96. The van der Waals surface area contributed by atoms with Gasteiger partial charge in [-0.3, -0.25) is 0 Å². The van der Waals surface area contributed by atoms with Gasteiger partial charge < -0.3 is 14.6 Å². The zero-order chi connectivity index (χ0) is 16.3. The van der Waals surface area contributed by atoms with Crippen molar-refractivity contribution >= 4 is 34.3 Å². The number of carbonyl (C=O) groups excluding carboxylic acids is 1. The molecule has 0 spiro atoms. The van der Waals surface area contributed by atoms with Crippen molar-refractivity contribution < 1.29 is 24.0 Å². The third-order valence-corrected chi connectivity index (χ3v) is 4.13. The minimum absolute atomic E-state index is 0.0873. The molecule has 1 aliphatic heterocycles. The van der Waals surface area contributed by atoms with E-state index in [1.54, 1.807) is 0 Å². The number of halogens is 1. The molecule has 1 aliphatic rings. The van der Waals surface area contributed by atoms with Gasteiger partial charge in [0.2, 0.25) is 5.69 Å². The van der Waals surface area contributed by atoms with Gasteiger partial charge in [0.25, 0.3) is 5.95 Å². The van der Waals surface area contributed by atoms with E-state index in [2.05, 4.69) is 28.7 Å². The second-order valence-corrected chi connectivity index (χ2v) is 6.01. The summed E-state index contributed by atoms with van der Waals surface area (Å²) in [6.07, 6.45) is 2.21. The molecule has 0 aliphatic carbocycles. The Bertz CT molecular complexity index is 652. The van der Waals surface area contributed by atoms with Crippen LogP contribution in [0.25, 0.3) is 0 Å². The molecule has 0 unspecified atom stereocenters. The van der Waals surface area contributed by atoms with E-state index in [4.69, 9.17) is 9.47 Å². The normalized spacial score (nSPS) is 15.0. The average molecular weight is 369 g/mol. The molecule has 1 N–H and O–H groups in total. The SMILES string of the molecule is C=[N+]1CCCc2cc(Br)cc(C/C(C(=O)OC)=C(/O)OC)c21. The van der Waals surface area contributed by atoms with Gasteiger partial charge >= 0.3 is 5.97 Å². The lowest BCUT2D eigenvalue weighted by Gasteiger charge is -2.17. The Balaban J connectivity index is 2.50. The van der Waals surface area contributed by atoms with E-state index in [0.717, 1.165) is 35.1 Å². The van der Waals surface area contributed by atoms with E-state index < -0.39 is 11.9 Å². The molecule has 22 heavy (non-hydrogen) atoms. The highest BCUT2D eigenvalue weighted by Crippen LogP contribution is 2.34. The lowest BCUT2D eigenvalue weighted by atomic mass is 9.95. The minimum atomic E-state index is -0.612. The maximum absolute atomic E-state index is 11.9. The zero-order valence-corrected chi connectivity index (χ0v) is 14.3. The molecule has 1 heterocycles. The summed E-state index contributed by atoms with van der Waals surface area (Å²) < 4.78 is 12.4. The van der Waals surface area contributed by atoms with E-state index in [1.165, 1.54) is 19.8 Å². The Morgan fingerprint density at radius 2 is 2.14 bits per heavy atom. The van der Waals surface area contributed by atoms with Crippen LogP contribution in [0.15, 0.2) is 28.1 Å². The predicted molar refractivity (Wildman–Crippen MR) is 86.8 cm³/mol. The first-order valence-electron chi connectivity index (χ1n) is 6.91. The van der Waals surface area contributed by atoms with E-state index >= 15 is 0 Å². The van der Waals surface area contributed by atoms with Gasteiger partial charge in [-0.25, -0.2) is 9.37 Å². The molecule has 0 amide bonds. The lowest BCUT2D eigenvalue weighted by molar-refractivity contribution is -0.437. The zero-order valence-electron chi connectivity index (χ0n) is 12.7. The summed E-state index contributed by atoms with van der Waals surface area (Å²) in [7, 11) is 2.58. The molecule has 118 valence electrons. The Morgan fingerprint density at radius 1 is 1.41 bits per heavy atom. The van der Waals surface area contributed by atoms with Crippen LogP contribution < -0.4 is 0 Å². The standard InChI is InChI=1S/C16H18BrNO4/c1-18-6-4-5-10-7-12(17)8-11(14(10)18)9-13(15(19)21-2)16(20)22-3/h7-8H,1,4-6,9H2,2-3H3/p+1. The highest BCUT2D eigenvalue weighted by atomic mass is 79.9. The number of carbonyl (C=O) groups is 1. The molecular formula is C16H19BrNO4+. The predicted octanol–water partition coefficient (Wildman–Crippen LogP) is 2.87. The third-order valence-electron chi connectivity index (χ3n) is 3.67. The van der Waals surface area contributed by atoms with Crippen molar-refractivity contribution in [2.75, 3.05) is 20.8 Å². The molecule has 0 saturated carbocycles. The Hall–Kier alpha value is -1.82.